The Bertz CT molecular complexity index is 369. The van der Waals surface area contributed by atoms with E-state index in [1.807, 2.05) is 13.0 Å². The van der Waals surface area contributed by atoms with Crippen LogP contribution in [0.3, 0.4) is 0 Å². The summed E-state index contributed by atoms with van der Waals surface area (Å²) in [6.07, 6.45) is 5.19. The van der Waals surface area contributed by atoms with Crippen LogP contribution in [0.4, 0.5) is 5.95 Å². The van der Waals surface area contributed by atoms with Crippen LogP contribution in [-0.2, 0) is 0 Å². The van der Waals surface area contributed by atoms with Crippen molar-refractivity contribution in [3.05, 3.63) is 24.5 Å². The van der Waals surface area contributed by atoms with Crippen LogP contribution in [0.1, 0.15) is 18.2 Å². The Balaban J connectivity index is 2.15. The highest BCUT2D eigenvalue weighted by molar-refractivity contribution is 5.30. The zero-order valence-electron chi connectivity index (χ0n) is 10.1. The number of likely N-dealkylation sites (N-methyl/N-ethyl adjacent to an activating group) is 1. The van der Waals surface area contributed by atoms with E-state index in [1.165, 1.54) is 13.0 Å². The largest absolute Gasteiger partial charge is 0.352 e. The first-order valence-corrected chi connectivity index (χ1v) is 5.79. The van der Waals surface area contributed by atoms with Crippen LogP contribution >= 0.6 is 0 Å². The Morgan fingerprint density at radius 2 is 2.50 bits per heavy atom. The molecule has 0 bridgehead atoms. The summed E-state index contributed by atoms with van der Waals surface area (Å²) in [6.45, 7) is 8.79. The first-order chi connectivity index (χ1) is 7.70. The molecule has 0 spiro atoms. The van der Waals surface area contributed by atoms with E-state index in [1.54, 1.807) is 0 Å². The van der Waals surface area contributed by atoms with Gasteiger partial charge in [-0.2, -0.15) is 0 Å². The average molecular weight is 220 g/mol. The predicted molar refractivity (Wildman–Crippen MR) is 66.8 cm³/mol. The van der Waals surface area contributed by atoms with Gasteiger partial charge in [-0.25, -0.2) is 4.98 Å². The molecule has 1 aliphatic heterocycles. The van der Waals surface area contributed by atoms with Crippen molar-refractivity contribution in [1.29, 1.82) is 0 Å². The molecule has 88 valence electrons. The van der Waals surface area contributed by atoms with Gasteiger partial charge in [0.05, 0.1) is 11.7 Å². The Hall–Kier alpha value is -1.29. The molecule has 1 atom stereocenters. The Morgan fingerprint density at radius 1 is 1.69 bits per heavy atom. The summed E-state index contributed by atoms with van der Waals surface area (Å²) in [4.78, 5) is 6.86. The quantitative estimate of drug-likeness (QED) is 0.783. The maximum Gasteiger partial charge on any atom is 0.203 e. The molecular weight excluding hydrogens is 200 g/mol. The maximum absolute atomic E-state index is 4.50. The fraction of sp³-hybridized carbons (Fsp3) is 0.583. The molecular formula is C12H20N4. The SMILES string of the molecule is C=CCNc1nc(C)cn1C1CCN(C)C1. The smallest absolute Gasteiger partial charge is 0.203 e. The number of nitrogens with one attached hydrogen (secondary N) is 1. The van der Waals surface area contributed by atoms with E-state index in [-0.39, 0.29) is 0 Å². The molecule has 1 N–H and O–H groups in total. The van der Waals surface area contributed by atoms with Crippen molar-refractivity contribution in [2.45, 2.75) is 19.4 Å². The third kappa shape index (κ3) is 2.27. The monoisotopic (exact) mass is 220 g/mol. The Kier molecular flexibility index (Phi) is 3.29. The van der Waals surface area contributed by atoms with E-state index >= 15 is 0 Å². The highest BCUT2D eigenvalue weighted by Gasteiger charge is 2.23. The summed E-state index contributed by atoms with van der Waals surface area (Å²) in [5.41, 5.74) is 1.07. The number of aryl methyl sites for hydroxylation is 1. The average Bonchev–Trinajstić information content (AvgIpc) is 2.81. The molecule has 0 aliphatic carbocycles. The second kappa shape index (κ2) is 4.70. The minimum atomic E-state index is 0.554. The van der Waals surface area contributed by atoms with Crippen molar-refractivity contribution in [1.82, 2.24) is 14.5 Å². The molecule has 4 heteroatoms. The zero-order valence-corrected chi connectivity index (χ0v) is 10.1. The lowest BCUT2D eigenvalue weighted by Crippen LogP contribution is -2.17. The highest BCUT2D eigenvalue weighted by atomic mass is 15.3. The number of rotatable bonds is 4. The van der Waals surface area contributed by atoms with Gasteiger partial charge in [0.25, 0.3) is 0 Å². The minimum absolute atomic E-state index is 0.554. The van der Waals surface area contributed by atoms with Crippen molar-refractivity contribution < 1.29 is 0 Å². The Morgan fingerprint density at radius 3 is 3.12 bits per heavy atom. The number of hydrogen-bond donors (Lipinski definition) is 1. The van der Waals surface area contributed by atoms with E-state index in [4.69, 9.17) is 0 Å². The molecule has 1 aliphatic rings. The van der Waals surface area contributed by atoms with Gasteiger partial charge in [0, 0.05) is 19.3 Å². The van der Waals surface area contributed by atoms with E-state index in [0.29, 0.717) is 6.04 Å². The van der Waals surface area contributed by atoms with Gasteiger partial charge in [-0.1, -0.05) is 6.08 Å². The van der Waals surface area contributed by atoms with Gasteiger partial charge >= 0.3 is 0 Å². The van der Waals surface area contributed by atoms with Crippen LogP contribution in [0.2, 0.25) is 0 Å². The topological polar surface area (TPSA) is 33.1 Å². The molecule has 1 aromatic heterocycles. The molecule has 16 heavy (non-hydrogen) atoms. The first-order valence-electron chi connectivity index (χ1n) is 5.79. The van der Waals surface area contributed by atoms with Gasteiger partial charge in [0.2, 0.25) is 5.95 Å². The predicted octanol–water partition coefficient (Wildman–Crippen LogP) is 1.67. The number of hydrogen-bond acceptors (Lipinski definition) is 3. The second-order valence-electron chi connectivity index (χ2n) is 4.49. The van der Waals surface area contributed by atoms with Gasteiger partial charge in [0.15, 0.2) is 0 Å². The molecule has 2 heterocycles. The maximum atomic E-state index is 4.50. The third-order valence-electron chi connectivity index (χ3n) is 3.02. The van der Waals surface area contributed by atoms with Crippen molar-refractivity contribution in [2.24, 2.45) is 0 Å². The van der Waals surface area contributed by atoms with E-state index < -0.39 is 0 Å². The fourth-order valence-corrected chi connectivity index (χ4v) is 2.23. The van der Waals surface area contributed by atoms with Crippen molar-refractivity contribution in [3.63, 3.8) is 0 Å². The zero-order chi connectivity index (χ0) is 11.5. The standard InChI is InChI=1S/C12H20N4/c1-4-6-13-12-14-10(2)8-16(12)11-5-7-15(3)9-11/h4,8,11H,1,5-7,9H2,2-3H3,(H,13,14). The third-order valence-corrected chi connectivity index (χ3v) is 3.02. The molecule has 0 radical (unpaired) electrons. The molecule has 0 aromatic carbocycles. The molecule has 0 saturated carbocycles. The van der Waals surface area contributed by atoms with Gasteiger partial charge in [-0.15, -0.1) is 6.58 Å². The second-order valence-corrected chi connectivity index (χ2v) is 4.49. The van der Waals surface area contributed by atoms with Crippen molar-refractivity contribution in [3.8, 4) is 0 Å². The number of aromatic nitrogens is 2. The summed E-state index contributed by atoms with van der Waals surface area (Å²) >= 11 is 0. The van der Waals surface area contributed by atoms with Gasteiger partial charge in [-0.05, 0) is 26.9 Å². The molecule has 4 nitrogen and oxygen atoms in total. The first kappa shape index (κ1) is 11.2. The van der Waals surface area contributed by atoms with Crippen LogP contribution < -0.4 is 5.32 Å². The molecule has 1 fully saturated rings. The van der Waals surface area contributed by atoms with Crippen molar-refractivity contribution in [2.75, 3.05) is 32.0 Å². The summed E-state index contributed by atoms with van der Waals surface area (Å²) in [5, 5.41) is 3.29. The number of imidazole rings is 1. The molecule has 1 aromatic rings. The van der Waals surface area contributed by atoms with Crippen LogP contribution in [-0.4, -0.2) is 41.1 Å². The summed E-state index contributed by atoms with van der Waals surface area (Å²) in [7, 11) is 2.17. The lowest BCUT2D eigenvalue weighted by Gasteiger charge is -2.15. The number of likely N-dealkylation sites (tertiary alicyclic amines) is 1. The van der Waals surface area contributed by atoms with E-state index in [2.05, 4.69) is 39.6 Å². The molecule has 2 rings (SSSR count). The minimum Gasteiger partial charge on any atom is -0.352 e. The molecule has 1 unspecified atom stereocenters. The highest BCUT2D eigenvalue weighted by Crippen LogP contribution is 2.24. The van der Waals surface area contributed by atoms with Crippen molar-refractivity contribution >= 4 is 5.95 Å². The van der Waals surface area contributed by atoms with Gasteiger partial charge in [0.1, 0.15) is 0 Å². The molecule has 1 saturated heterocycles. The van der Waals surface area contributed by atoms with E-state index in [9.17, 15) is 0 Å². The van der Waals surface area contributed by atoms with E-state index in [0.717, 1.165) is 24.7 Å². The Labute approximate surface area is 97.0 Å². The summed E-state index contributed by atoms with van der Waals surface area (Å²) < 4.78 is 2.27. The van der Waals surface area contributed by atoms with Crippen LogP contribution in [0, 0.1) is 6.92 Å². The lowest BCUT2D eigenvalue weighted by molar-refractivity contribution is 0.393. The van der Waals surface area contributed by atoms with Gasteiger partial charge in [-0.3, -0.25) is 0 Å². The van der Waals surface area contributed by atoms with Gasteiger partial charge < -0.3 is 14.8 Å². The number of anilines is 1. The summed E-state index contributed by atoms with van der Waals surface area (Å²) in [6, 6.07) is 0.554. The van der Waals surface area contributed by atoms with Crippen LogP contribution in [0.25, 0.3) is 0 Å². The van der Waals surface area contributed by atoms with Crippen LogP contribution in [0.5, 0.6) is 0 Å². The molecule has 0 amide bonds. The van der Waals surface area contributed by atoms with Crippen LogP contribution in [0.15, 0.2) is 18.9 Å². The fourth-order valence-electron chi connectivity index (χ4n) is 2.23. The summed E-state index contributed by atoms with van der Waals surface area (Å²) in [5.74, 6) is 0.970. The number of nitrogens with zero attached hydrogens (tertiary/aromatic N) is 3. The lowest BCUT2D eigenvalue weighted by atomic mass is 10.2. The normalized spacial score (nSPS) is 21.2.